The quantitative estimate of drug-likeness (QED) is 0.689. The molecule has 0 aromatic carbocycles. The zero-order valence-electron chi connectivity index (χ0n) is 7.38. The van der Waals surface area contributed by atoms with Crippen LogP contribution < -0.4 is 5.73 Å². The summed E-state index contributed by atoms with van der Waals surface area (Å²) in [6.07, 6.45) is 0. The second-order valence-electron chi connectivity index (χ2n) is 3.27. The highest BCUT2D eigenvalue weighted by Crippen LogP contribution is 2.24. The molecule has 1 rings (SSSR count). The Hall–Kier alpha value is 0.230. The molecule has 0 spiro atoms. The molecule has 0 aromatic rings. The Kier molecular flexibility index (Phi) is 3.40. The monoisotopic (exact) mass is 207 g/mol. The minimum atomic E-state index is -0.516. The number of nitrogens with two attached hydrogens (primary N) is 1. The van der Waals surface area contributed by atoms with Crippen LogP contribution in [0.2, 0.25) is 0 Å². The van der Waals surface area contributed by atoms with Gasteiger partial charge in [-0.25, -0.2) is 0 Å². The molecule has 0 aromatic heterocycles. The van der Waals surface area contributed by atoms with Gasteiger partial charge in [0.25, 0.3) is 0 Å². The van der Waals surface area contributed by atoms with Gasteiger partial charge in [0.2, 0.25) is 0 Å². The molecular weight excluding hydrogens is 194 g/mol. The van der Waals surface area contributed by atoms with Crippen LogP contribution in [0.1, 0.15) is 0 Å². The minimum Gasteiger partial charge on any atom is -0.305 e. The summed E-state index contributed by atoms with van der Waals surface area (Å²) in [4.78, 5) is 6.44. The number of nitrogens with zero attached hydrogens (tertiary/aromatic N) is 2. The molecule has 1 heterocycles. The van der Waals surface area contributed by atoms with Gasteiger partial charge in [0.1, 0.15) is 5.66 Å². The summed E-state index contributed by atoms with van der Waals surface area (Å²) in [5.41, 5.74) is 5.35. The highest BCUT2D eigenvalue weighted by Gasteiger charge is 2.30. The van der Waals surface area contributed by atoms with Crippen molar-refractivity contribution >= 4 is 28.4 Å². The van der Waals surface area contributed by atoms with Crippen molar-refractivity contribution in [2.75, 3.05) is 32.3 Å². The van der Waals surface area contributed by atoms with Crippen LogP contribution in [0.4, 0.5) is 0 Å². The molecule has 70 valence electrons. The molecule has 0 saturated heterocycles. The summed E-state index contributed by atoms with van der Waals surface area (Å²) in [5, 5.41) is 1.09. The Labute approximate surface area is 82.3 Å². The predicted octanol–water partition coefficient (Wildman–Crippen LogP) is 0.587. The maximum atomic E-state index is 5.87. The van der Waals surface area contributed by atoms with Crippen molar-refractivity contribution < 1.29 is 0 Å². The van der Waals surface area contributed by atoms with E-state index in [-0.39, 0.29) is 0 Å². The Morgan fingerprint density at radius 2 is 2.42 bits per heavy atom. The Bertz CT molecular complexity index is 195. The highest BCUT2D eigenvalue weighted by atomic mass is 35.5. The first kappa shape index (κ1) is 10.3. The van der Waals surface area contributed by atoms with Gasteiger partial charge in [-0.2, -0.15) is 0 Å². The molecule has 0 fully saturated rings. The summed E-state index contributed by atoms with van der Waals surface area (Å²) < 4.78 is 0. The lowest BCUT2D eigenvalue weighted by molar-refractivity contribution is 0.469. The smallest absolute Gasteiger partial charge is 0.132 e. The van der Waals surface area contributed by atoms with E-state index in [4.69, 9.17) is 17.3 Å². The molecule has 0 amide bonds. The van der Waals surface area contributed by atoms with Gasteiger partial charge in [0, 0.05) is 12.3 Å². The maximum absolute atomic E-state index is 5.87. The van der Waals surface area contributed by atoms with Gasteiger partial charge in [-0.3, -0.25) is 4.99 Å². The number of alkyl halides is 1. The number of aliphatic imine (C=N–C) groups is 1. The van der Waals surface area contributed by atoms with Crippen LogP contribution in [-0.4, -0.2) is 47.9 Å². The van der Waals surface area contributed by atoms with Gasteiger partial charge in [0.15, 0.2) is 0 Å². The van der Waals surface area contributed by atoms with E-state index in [0.717, 1.165) is 17.3 Å². The molecule has 0 aliphatic carbocycles. The zero-order chi connectivity index (χ0) is 9.19. The third-order valence-corrected chi connectivity index (χ3v) is 3.18. The van der Waals surface area contributed by atoms with E-state index in [1.807, 2.05) is 14.1 Å². The number of halogens is 1. The summed E-state index contributed by atoms with van der Waals surface area (Å²) in [5.74, 6) is 1.20. The number of thioether (sulfide) groups is 1. The maximum Gasteiger partial charge on any atom is 0.132 e. The fourth-order valence-electron chi connectivity index (χ4n) is 0.941. The summed E-state index contributed by atoms with van der Waals surface area (Å²) in [6, 6.07) is 0. The van der Waals surface area contributed by atoms with Gasteiger partial charge in [0.05, 0.1) is 10.9 Å². The largest absolute Gasteiger partial charge is 0.305 e. The SMILES string of the molecule is CN(C)CC1=NC(N)(CCl)CS1. The van der Waals surface area contributed by atoms with Crippen molar-refractivity contribution in [2.45, 2.75) is 5.66 Å². The second kappa shape index (κ2) is 3.96. The Morgan fingerprint density at radius 3 is 2.83 bits per heavy atom. The third kappa shape index (κ3) is 2.62. The minimum absolute atomic E-state index is 0.400. The molecule has 5 heteroatoms. The van der Waals surface area contributed by atoms with Crippen LogP contribution in [-0.2, 0) is 0 Å². The number of hydrogen-bond acceptors (Lipinski definition) is 4. The standard InChI is InChI=1S/C7H14ClN3S/c1-11(2)3-6-10-7(9,4-8)5-12-6/h3-5,9H2,1-2H3. The van der Waals surface area contributed by atoms with Crippen molar-refractivity contribution in [3.8, 4) is 0 Å². The number of hydrogen-bond donors (Lipinski definition) is 1. The van der Waals surface area contributed by atoms with Crippen molar-refractivity contribution in [2.24, 2.45) is 10.7 Å². The van der Waals surface area contributed by atoms with Crippen molar-refractivity contribution in [3.05, 3.63) is 0 Å². The average Bonchev–Trinajstić information content (AvgIpc) is 2.32. The van der Waals surface area contributed by atoms with Gasteiger partial charge in [-0.1, -0.05) is 0 Å². The van der Waals surface area contributed by atoms with E-state index >= 15 is 0 Å². The Balaban J connectivity index is 2.53. The first-order valence-electron chi connectivity index (χ1n) is 3.77. The highest BCUT2D eigenvalue weighted by molar-refractivity contribution is 8.14. The molecule has 12 heavy (non-hydrogen) atoms. The fourth-order valence-corrected chi connectivity index (χ4v) is 2.39. The van der Waals surface area contributed by atoms with E-state index in [1.165, 1.54) is 0 Å². The van der Waals surface area contributed by atoms with Gasteiger partial charge in [-0.15, -0.1) is 23.4 Å². The van der Waals surface area contributed by atoms with Crippen LogP contribution in [0, 0.1) is 0 Å². The summed E-state index contributed by atoms with van der Waals surface area (Å²) in [6.45, 7) is 0.862. The predicted molar refractivity (Wildman–Crippen MR) is 56.1 cm³/mol. The van der Waals surface area contributed by atoms with Crippen molar-refractivity contribution in [3.63, 3.8) is 0 Å². The lowest BCUT2D eigenvalue weighted by Gasteiger charge is -2.14. The number of rotatable bonds is 3. The first-order chi connectivity index (χ1) is 5.56. The fraction of sp³-hybridized carbons (Fsp3) is 0.857. The van der Waals surface area contributed by atoms with Crippen LogP contribution >= 0.6 is 23.4 Å². The summed E-state index contributed by atoms with van der Waals surface area (Å²) >= 11 is 7.39. The second-order valence-corrected chi connectivity index (χ2v) is 4.59. The molecule has 0 radical (unpaired) electrons. The van der Waals surface area contributed by atoms with Crippen LogP contribution in [0.25, 0.3) is 0 Å². The first-order valence-corrected chi connectivity index (χ1v) is 5.29. The lowest BCUT2D eigenvalue weighted by atomic mass is 10.3. The normalized spacial score (nSPS) is 29.6. The molecule has 3 nitrogen and oxygen atoms in total. The van der Waals surface area contributed by atoms with E-state index in [2.05, 4.69) is 9.89 Å². The van der Waals surface area contributed by atoms with Crippen LogP contribution in [0.5, 0.6) is 0 Å². The Morgan fingerprint density at radius 1 is 1.75 bits per heavy atom. The van der Waals surface area contributed by atoms with Crippen LogP contribution in [0.15, 0.2) is 4.99 Å². The van der Waals surface area contributed by atoms with Gasteiger partial charge >= 0.3 is 0 Å². The topological polar surface area (TPSA) is 41.6 Å². The molecule has 1 aliphatic heterocycles. The van der Waals surface area contributed by atoms with Gasteiger partial charge in [-0.05, 0) is 14.1 Å². The van der Waals surface area contributed by atoms with Crippen molar-refractivity contribution in [1.29, 1.82) is 0 Å². The molecule has 1 unspecified atom stereocenters. The van der Waals surface area contributed by atoms with E-state index in [9.17, 15) is 0 Å². The lowest BCUT2D eigenvalue weighted by Crippen LogP contribution is -2.40. The zero-order valence-corrected chi connectivity index (χ0v) is 8.95. The van der Waals surface area contributed by atoms with E-state index < -0.39 is 5.66 Å². The van der Waals surface area contributed by atoms with E-state index in [1.54, 1.807) is 11.8 Å². The molecule has 1 atom stereocenters. The molecule has 1 aliphatic rings. The van der Waals surface area contributed by atoms with Crippen LogP contribution in [0.3, 0.4) is 0 Å². The molecule has 0 bridgehead atoms. The molecule has 2 N–H and O–H groups in total. The molecule has 0 saturated carbocycles. The third-order valence-electron chi connectivity index (χ3n) is 1.52. The summed E-state index contributed by atoms with van der Waals surface area (Å²) in [7, 11) is 4.03. The van der Waals surface area contributed by atoms with Gasteiger partial charge < -0.3 is 10.6 Å². The molecular formula is C7H14ClN3S. The average molecular weight is 208 g/mol. The van der Waals surface area contributed by atoms with E-state index in [0.29, 0.717) is 5.88 Å². The van der Waals surface area contributed by atoms with Crippen molar-refractivity contribution in [1.82, 2.24) is 4.90 Å².